The summed E-state index contributed by atoms with van der Waals surface area (Å²) in [6, 6.07) is 19.0. The van der Waals surface area contributed by atoms with E-state index >= 15 is 0 Å². The highest BCUT2D eigenvalue weighted by Crippen LogP contribution is 2.28. The first-order chi connectivity index (χ1) is 14.7. The molecule has 0 unspecified atom stereocenters. The van der Waals surface area contributed by atoms with Gasteiger partial charge in [0, 0.05) is 0 Å². The molecule has 2 N–H and O–H groups in total. The number of nitrogens with zero attached hydrogens (tertiary/aromatic N) is 1. The maximum atomic E-state index is 13.4. The van der Waals surface area contributed by atoms with Gasteiger partial charge >= 0.3 is 5.97 Å². The molecule has 0 saturated heterocycles. The van der Waals surface area contributed by atoms with Gasteiger partial charge in [0.2, 0.25) is 5.91 Å². The van der Waals surface area contributed by atoms with E-state index in [1.807, 2.05) is 13.0 Å². The van der Waals surface area contributed by atoms with Gasteiger partial charge in [0.1, 0.15) is 6.54 Å². The van der Waals surface area contributed by atoms with Crippen LogP contribution in [-0.2, 0) is 14.8 Å². The van der Waals surface area contributed by atoms with E-state index in [0.717, 1.165) is 9.87 Å². The lowest BCUT2D eigenvalue weighted by molar-refractivity contribution is -0.114. The van der Waals surface area contributed by atoms with Crippen LogP contribution in [0.1, 0.15) is 21.5 Å². The van der Waals surface area contributed by atoms with Crippen molar-refractivity contribution < 1.29 is 23.1 Å². The van der Waals surface area contributed by atoms with E-state index in [4.69, 9.17) is 0 Å². The maximum Gasteiger partial charge on any atom is 0.337 e. The Kier molecular flexibility index (Phi) is 6.41. The molecule has 0 aliphatic rings. The van der Waals surface area contributed by atoms with Crippen LogP contribution >= 0.6 is 0 Å². The molecular formula is C23H22N2O5S. The zero-order valence-corrected chi connectivity index (χ0v) is 17.9. The van der Waals surface area contributed by atoms with E-state index in [2.05, 4.69) is 5.32 Å². The summed E-state index contributed by atoms with van der Waals surface area (Å²) < 4.78 is 27.8. The normalized spacial score (nSPS) is 11.0. The number of rotatable bonds is 7. The number of carbonyl (C=O) groups excluding carboxylic acids is 1. The Morgan fingerprint density at radius 1 is 0.935 bits per heavy atom. The highest BCUT2D eigenvalue weighted by Gasteiger charge is 2.28. The van der Waals surface area contributed by atoms with Gasteiger partial charge < -0.3 is 10.4 Å². The number of carboxylic acid groups (broad SMARTS) is 1. The molecule has 0 radical (unpaired) electrons. The van der Waals surface area contributed by atoms with Crippen LogP contribution in [0, 0.1) is 13.8 Å². The number of anilines is 2. The van der Waals surface area contributed by atoms with E-state index in [-0.39, 0.29) is 16.1 Å². The summed E-state index contributed by atoms with van der Waals surface area (Å²) in [5.74, 6) is -1.85. The van der Waals surface area contributed by atoms with Crippen molar-refractivity contribution in [1.29, 1.82) is 0 Å². The average molecular weight is 439 g/mol. The molecule has 0 aliphatic heterocycles. The molecule has 0 saturated carbocycles. The molecule has 0 bridgehead atoms. The molecule has 0 heterocycles. The van der Waals surface area contributed by atoms with Crippen LogP contribution in [0.15, 0.2) is 77.7 Å². The maximum absolute atomic E-state index is 13.4. The van der Waals surface area contributed by atoms with Crippen LogP contribution in [0.5, 0.6) is 0 Å². The first-order valence-corrected chi connectivity index (χ1v) is 10.9. The molecule has 7 nitrogen and oxygen atoms in total. The summed E-state index contributed by atoms with van der Waals surface area (Å²) in [4.78, 5) is 24.3. The number of hydrogen-bond acceptors (Lipinski definition) is 4. The van der Waals surface area contributed by atoms with E-state index in [0.29, 0.717) is 11.3 Å². The number of sulfonamides is 1. The van der Waals surface area contributed by atoms with Gasteiger partial charge in [0.25, 0.3) is 10.0 Å². The van der Waals surface area contributed by atoms with Gasteiger partial charge in [-0.1, -0.05) is 48.0 Å². The minimum Gasteiger partial charge on any atom is -0.478 e. The quantitative estimate of drug-likeness (QED) is 0.583. The van der Waals surface area contributed by atoms with Crippen LogP contribution in [0.25, 0.3) is 0 Å². The third kappa shape index (κ3) is 4.92. The molecule has 0 spiro atoms. The highest BCUT2D eigenvalue weighted by molar-refractivity contribution is 7.92. The second-order valence-corrected chi connectivity index (χ2v) is 8.88. The predicted molar refractivity (Wildman–Crippen MR) is 119 cm³/mol. The Morgan fingerprint density at radius 2 is 1.58 bits per heavy atom. The molecule has 0 atom stereocenters. The topological polar surface area (TPSA) is 104 Å². The predicted octanol–water partition coefficient (Wildman–Crippen LogP) is 3.84. The zero-order valence-electron chi connectivity index (χ0n) is 17.1. The van der Waals surface area contributed by atoms with E-state index in [9.17, 15) is 23.1 Å². The van der Waals surface area contributed by atoms with Crippen LogP contribution < -0.4 is 9.62 Å². The van der Waals surface area contributed by atoms with Gasteiger partial charge in [-0.05, 0) is 49.7 Å². The summed E-state index contributed by atoms with van der Waals surface area (Å²) in [5, 5.41) is 11.8. The largest absolute Gasteiger partial charge is 0.478 e. The minimum absolute atomic E-state index is 0.0497. The number of carbonyl (C=O) groups is 2. The summed E-state index contributed by atoms with van der Waals surface area (Å²) in [5.41, 5.74) is 2.03. The summed E-state index contributed by atoms with van der Waals surface area (Å²) >= 11 is 0. The van der Waals surface area contributed by atoms with E-state index < -0.39 is 28.4 Å². The number of nitrogens with one attached hydrogen (secondary N) is 1. The minimum atomic E-state index is -4.05. The molecule has 160 valence electrons. The summed E-state index contributed by atoms with van der Waals surface area (Å²) in [6.07, 6.45) is 0. The second-order valence-electron chi connectivity index (χ2n) is 7.01. The van der Waals surface area contributed by atoms with Crippen molar-refractivity contribution in [2.24, 2.45) is 0 Å². The fourth-order valence-corrected chi connectivity index (χ4v) is 4.71. The van der Waals surface area contributed by atoms with Crippen molar-refractivity contribution in [3.05, 3.63) is 89.5 Å². The summed E-state index contributed by atoms with van der Waals surface area (Å²) in [6.45, 7) is 3.14. The van der Waals surface area contributed by atoms with Gasteiger partial charge in [0.15, 0.2) is 0 Å². The van der Waals surface area contributed by atoms with Crippen molar-refractivity contribution in [3.8, 4) is 0 Å². The standard InChI is InChI=1S/C23H22N2O5S/c1-16-12-13-21(17(2)14-16)25(31(29,30)18-8-4-3-5-9-18)15-22(26)24-20-11-7-6-10-19(20)23(27)28/h3-14H,15H2,1-2H3,(H,24,26)(H,27,28). The van der Waals surface area contributed by atoms with Gasteiger partial charge in [0.05, 0.1) is 21.8 Å². The Balaban J connectivity index is 2.00. The van der Waals surface area contributed by atoms with Gasteiger partial charge in [-0.3, -0.25) is 9.10 Å². The molecule has 8 heteroatoms. The van der Waals surface area contributed by atoms with E-state index in [1.165, 1.54) is 24.3 Å². The second kappa shape index (κ2) is 9.01. The lowest BCUT2D eigenvalue weighted by Gasteiger charge is -2.26. The Bertz CT molecular complexity index is 1220. The Hall–Kier alpha value is -3.65. The monoisotopic (exact) mass is 438 g/mol. The van der Waals surface area contributed by atoms with Gasteiger partial charge in [-0.15, -0.1) is 0 Å². The SMILES string of the molecule is Cc1ccc(N(CC(=O)Nc2ccccc2C(=O)O)S(=O)(=O)c2ccccc2)c(C)c1. The molecule has 0 aliphatic carbocycles. The Morgan fingerprint density at radius 3 is 2.23 bits per heavy atom. The molecule has 0 aromatic heterocycles. The number of carboxylic acids is 1. The molecule has 3 aromatic carbocycles. The number of benzene rings is 3. The van der Waals surface area contributed by atoms with Gasteiger partial charge in [-0.2, -0.15) is 0 Å². The van der Waals surface area contributed by atoms with Crippen LogP contribution in [0.3, 0.4) is 0 Å². The fourth-order valence-electron chi connectivity index (χ4n) is 3.20. The summed E-state index contributed by atoms with van der Waals surface area (Å²) in [7, 11) is -4.05. The van der Waals surface area contributed by atoms with Crippen molar-refractivity contribution in [2.75, 3.05) is 16.2 Å². The molecule has 1 amide bonds. The number of hydrogen-bond donors (Lipinski definition) is 2. The third-order valence-electron chi connectivity index (χ3n) is 4.67. The number of para-hydroxylation sites is 1. The molecular weight excluding hydrogens is 416 g/mol. The smallest absolute Gasteiger partial charge is 0.337 e. The lowest BCUT2D eigenvalue weighted by Crippen LogP contribution is -2.38. The average Bonchev–Trinajstić information content (AvgIpc) is 2.73. The fraction of sp³-hybridized carbons (Fsp3) is 0.130. The number of aryl methyl sites for hydroxylation is 2. The van der Waals surface area contributed by atoms with Crippen molar-refractivity contribution in [3.63, 3.8) is 0 Å². The van der Waals surface area contributed by atoms with Crippen LogP contribution in [0.4, 0.5) is 11.4 Å². The lowest BCUT2D eigenvalue weighted by atomic mass is 10.1. The number of aromatic carboxylic acids is 1. The van der Waals surface area contributed by atoms with E-state index in [1.54, 1.807) is 49.4 Å². The van der Waals surface area contributed by atoms with Crippen LogP contribution in [-0.4, -0.2) is 31.9 Å². The molecule has 3 rings (SSSR count). The first-order valence-electron chi connectivity index (χ1n) is 9.47. The Labute approximate surface area is 181 Å². The molecule has 0 fully saturated rings. The molecule has 31 heavy (non-hydrogen) atoms. The number of amides is 1. The third-order valence-corrected chi connectivity index (χ3v) is 6.44. The highest BCUT2D eigenvalue weighted by atomic mass is 32.2. The van der Waals surface area contributed by atoms with Gasteiger partial charge in [-0.25, -0.2) is 13.2 Å². The molecule has 3 aromatic rings. The van der Waals surface area contributed by atoms with Crippen molar-refractivity contribution >= 4 is 33.3 Å². The first kappa shape index (κ1) is 22.0. The zero-order chi connectivity index (χ0) is 22.6. The van der Waals surface area contributed by atoms with Crippen LogP contribution in [0.2, 0.25) is 0 Å². The van der Waals surface area contributed by atoms with Crippen molar-refractivity contribution in [1.82, 2.24) is 0 Å². The van der Waals surface area contributed by atoms with Crippen molar-refractivity contribution in [2.45, 2.75) is 18.7 Å².